The number of rotatable bonds is 3. The molecule has 6 heteroatoms. The van der Waals surface area contributed by atoms with Crippen LogP contribution >= 0.6 is 0 Å². The quantitative estimate of drug-likeness (QED) is 0.522. The Morgan fingerprint density at radius 1 is 1.36 bits per heavy atom. The van der Waals surface area contributed by atoms with Crippen molar-refractivity contribution in [3.05, 3.63) is 58.2 Å². The number of nitrogens with one attached hydrogen (secondary N) is 1. The van der Waals surface area contributed by atoms with E-state index < -0.39 is 0 Å². The molecule has 2 aromatic carbocycles. The number of benzene rings is 2. The van der Waals surface area contributed by atoms with Gasteiger partial charge in [-0.2, -0.15) is 0 Å². The van der Waals surface area contributed by atoms with E-state index in [0.29, 0.717) is 12.4 Å². The lowest BCUT2D eigenvalue weighted by molar-refractivity contribution is 0.285. The molecule has 0 radical (unpaired) electrons. The van der Waals surface area contributed by atoms with Crippen molar-refractivity contribution < 1.29 is 9.13 Å². The minimum absolute atomic E-state index is 0.128. The van der Waals surface area contributed by atoms with Gasteiger partial charge in [0.05, 0.1) is 11.7 Å². The molecule has 0 fully saturated rings. The highest BCUT2D eigenvalue weighted by Gasteiger charge is 2.23. The van der Waals surface area contributed by atoms with Gasteiger partial charge in [-0.15, -0.1) is 0 Å². The molecule has 112 valence electrons. The summed E-state index contributed by atoms with van der Waals surface area (Å²) in [5, 5.41) is 6.87. The first-order chi connectivity index (χ1) is 10.7. The third-order valence-corrected chi connectivity index (χ3v) is 3.66. The summed E-state index contributed by atoms with van der Waals surface area (Å²) in [5.74, 6) is 0.141. The zero-order chi connectivity index (χ0) is 15.5. The molecule has 0 bridgehead atoms. The summed E-state index contributed by atoms with van der Waals surface area (Å²) < 4.78 is 19.5. The van der Waals surface area contributed by atoms with Gasteiger partial charge in [-0.05, 0) is 29.6 Å². The first kappa shape index (κ1) is 14.2. The van der Waals surface area contributed by atoms with Crippen molar-refractivity contribution >= 4 is 5.69 Å². The number of nitrogens with zero attached hydrogens (tertiary/aromatic N) is 3. The van der Waals surface area contributed by atoms with Crippen molar-refractivity contribution in [1.29, 1.82) is 0 Å². The summed E-state index contributed by atoms with van der Waals surface area (Å²) in [6, 6.07) is 10.5. The average molecular weight is 298 g/mol. The molecule has 22 heavy (non-hydrogen) atoms. The zero-order valence-electron chi connectivity index (χ0n) is 12.1. The van der Waals surface area contributed by atoms with Crippen molar-refractivity contribution in [3.8, 4) is 16.9 Å². The Kier molecular flexibility index (Phi) is 3.85. The van der Waals surface area contributed by atoms with Gasteiger partial charge in [0.2, 0.25) is 0 Å². The number of fused-ring (bicyclic) bond motifs is 1. The molecular weight excluding hydrogens is 283 g/mol. The van der Waals surface area contributed by atoms with Crippen LogP contribution in [0.15, 0.2) is 41.5 Å². The fourth-order valence-corrected chi connectivity index (χ4v) is 2.60. The number of hydrogen-bond acceptors (Lipinski definition) is 3. The van der Waals surface area contributed by atoms with Crippen LogP contribution in [-0.4, -0.2) is 19.2 Å². The summed E-state index contributed by atoms with van der Waals surface area (Å²) in [5.41, 5.74) is 11.9. The molecule has 1 heterocycles. The maximum Gasteiger partial charge on any atom is 0.146 e. The molecule has 0 amide bonds. The fraction of sp³-hybridized carbons (Fsp3) is 0.250. The van der Waals surface area contributed by atoms with Crippen molar-refractivity contribution in [2.45, 2.75) is 13.0 Å². The molecule has 3 rings (SSSR count). The molecule has 5 nitrogen and oxygen atoms in total. The van der Waals surface area contributed by atoms with E-state index in [0.717, 1.165) is 22.4 Å². The zero-order valence-corrected chi connectivity index (χ0v) is 12.1. The molecule has 0 saturated heterocycles. The molecule has 2 aromatic rings. The van der Waals surface area contributed by atoms with Gasteiger partial charge in [0, 0.05) is 23.1 Å². The van der Waals surface area contributed by atoms with Gasteiger partial charge in [-0.3, -0.25) is 0 Å². The summed E-state index contributed by atoms with van der Waals surface area (Å²) >= 11 is 0. The number of ether oxygens (including phenoxy) is 1. The number of halogens is 1. The van der Waals surface area contributed by atoms with Gasteiger partial charge >= 0.3 is 0 Å². The number of azide groups is 1. The van der Waals surface area contributed by atoms with E-state index in [1.807, 2.05) is 31.2 Å². The first-order valence-corrected chi connectivity index (χ1v) is 6.99. The van der Waals surface area contributed by atoms with E-state index >= 15 is 0 Å². The van der Waals surface area contributed by atoms with Crippen molar-refractivity contribution in [3.63, 3.8) is 0 Å². The largest absolute Gasteiger partial charge is 0.489 e. The average Bonchev–Trinajstić information content (AvgIpc) is 2.53. The van der Waals surface area contributed by atoms with E-state index in [4.69, 9.17) is 10.3 Å². The van der Waals surface area contributed by atoms with Gasteiger partial charge in [0.1, 0.15) is 18.2 Å². The Bertz CT molecular complexity index is 756. The van der Waals surface area contributed by atoms with E-state index in [1.165, 1.54) is 12.1 Å². The summed E-state index contributed by atoms with van der Waals surface area (Å²) in [6.07, 6.45) is 0. The third kappa shape index (κ3) is 2.69. The highest BCUT2D eigenvalue weighted by Crippen LogP contribution is 2.40. The summed E-state index contributed by atoms with van der Waals surface area (Å²) in [6.45, 7) is 2.59. The Morgan fingerprint density at radius 3 is 2.95 bits per heavy atom. The molecular formula is C16H15FN4O. The molecule has 1 N–H and O–H groups in total. The first-order valence-electron chi connectivity index (χ1n) is 6.99. The lowest BCUT2D eigenvalue weighted by atomic mass is 9.97. The van der Waals surface area contributed by atoms with E-state index in [2.05, 4.69) is 15.3 Å². The van der Waals surface area contributed by atoms with Gasteiger partial charge < -0.3 is 10.1 Å². The van der Waals surface area contributed by atoms with Crippen LogP contribution in [0.3, 0.4) is 0 Å². The topological polar surface area (TPSA) is 70.0 Å². The highest BCUT2D eigenvalue weighted by atomic mass is 19.1. The Hall–Kier alpha value is -2.72. The van der Waals surface area contributed by atoms with Crippen LogP contribution in [0, 0.1) is 12.7 Å². The molecule has 1 unspecified atom stereocenters. The van der Waals surface area contributed by atoms with Crippen molar-refractivity contribution in [2.24, 2.45) is 5.11 Å². The van der Waals surface area contributed by atoms with Gasteiger partial charge in [0.15, 0.2) is 0 Å². The standard InChI is InChI=1S/C16H15FN4O/c1-10-4-2-3-5-13(10)14-6-11(17)7-15-16(14)20-12(9-22-15)8-19-21-18/h2-7,12,20H,8-9H2,1H3. The normalized spacial score (nSPS) is 16.0. The predicted octanol–water partition coefficient (Wildman–Crippen LogP) is 4.28. The Balaban J connectivity index is 2.07. The lowest BCUT2D eigenvalue weighted by Gasteiger charge is -2.28. The maximum absolute atomic E-state index is 13.9. The van der Waals surface area contributed by atoms with Crippen LogP contribution in [-0.2, 0) is 0 Å². The second-order valence-corrected chi connectivity index (χ2v) is 5.21. The number of aryl methyl sites for hydroxylation is 1. The predicted molar refractivity (Wildman–Crippen MR) is 83.5 cm³/mol. The van der Waals surface area contributed by atoms with E-state index in [1.54, 1.807) is 0 Å². The minimum Gasteiger partial charge on any atom is -0.489 e. The number of hydrogen-bond donors (Lipinski definition) is 1. The van der Waals surface area contributed by atoms with Crippen LogP contribution in [0.1, 0.15) is 5.56 Å². The van der Waals surface area contributed by atoms with Gasteiger partial charge in [-0.25, -0.2) is 4.39 Å². The van der Waals surface area contributed by atoms with Gasteiger partial charge in [-0.1, -0.05) is 29.4 Å². The Morgan fingerprint density at radius 2 is 2.18 bits per heavy atom. The van der Waals surface area contributed by atoms with Crippen LogP contribution in [0.2, 0.25) is 0 Å². The van der Waals surface area contributed by atoms with Crippen LogP contribution < -0.4 is 10.1 Å². The van der Waals surface area contributed by atoms with E-state index in [-0.39, 0.29) is 18.4 Å². The second-order valence-electron chi connectivity index (χ2n) is 5.21. The molecule has 1 aliphatic heterocycles. The third-order valence-electron chi connectivity index (χ3n) is 3.66. The second kappa shape index (κ2) is 5.95. The molecule has 0 spiro atoms. The van der Waals surface area contributed by atoms with Crippen LogP contribution in [0.4, 0.5) is 10.1 Å². The smallest absolute Gasteiger partial charge is 0.146 e. The number of anilines is 1. The van der Waals surface area contributed by atoms with Crippen LogP contribution in [0.5, 0.6) is 5.75 Å². The van der Waals surface area contributed by atoms with Crippen LogP contribution in [0.25, 0.3) is 21.6 Å². The SMILES string of the molecule is Cc1ccccc1-c1cc(F)cc2c1NC(CN=[N+]=[N-])CO2. The van der Waals surface area contributed by atoms with Crippen molar-refractivity contribution in [1.82, 2.24) is 0 Å². The molecule has 1 atom stereocenters. The monoisotopic (exact) mass is 298 g/mol. The molecule has 0 saturated carbocycles. The molecule has 0 aliphatic carbocycles. The minimum atomic E-state index is -0.340. The summed E-state index contributed by atoms with van der Waals surface area (Å²) in [4.78, 5) is 2.76. The highest BCUT2D eigenvalue weighted by molar-refractivity contribution is 5.84. The maximum atomic E-state index is 13.9. The lowest BCUT2D eigenvalue weighted by Crippen LogP contribution is -2.34. The fourth-order valence-electron chi connectivity index (χ4n) is 2.60. The van der Waals surface area contributed by atoms with Gasteiger partial charge in [0.25, 0.3) is 0 Å². The Labute approximate surface area is 127 Å². The van der Waals surface area contributed by atoms with Crippen molar-refractivity contribution in [2.75, 3.05) is 18.5 Å². The molecule has 0 aromatic heterocycles. The van der Waals surface area contributed by atoms with E-state index in [9.17, 15) is 4.39 Å². The summed E-state index contributed by atoms with van der Waals surface area (Å²) in [7, 11) is 0. The molecule has 1 aliphatic rings.